The molecule has 0 aliphatic rings. The van der Waals surface area contributed by atoms with Crippen molar-refractivity contribution in [3.05, 3.63) is 0 Å². The van der Waals surface area contributed by atoms with E-state index >= 15 is 0 Å². The molecule has 0 heterocycles. The average molecular weight is 178 g/mol. The summed E-state index contributed by atoms with van der Waals surface area (Å²) >= 11 is 0. The van der Waals surface area contributed by atoms with E-state index in [1.54, 1.807) is 6.92 Å². The number of rotatable bonds is 6. The van der Waals surface area contributed by atoms with Crippen molar-refractivity contribution in [2.24, 2.45) is 5.41 Å². The van der Waals surface area contributed by atoms with Gasteiger partial charge >= 0.3 is 0 Å². The van der Waals surface area contributed by atoms with Crippen molar-refractivity contribution in [3.63, 3.8) is 0 Å². The first-order chi connectivity index (χ1) is 5.60. The van der Waals surface area contributed by atoms with Gasteiger partial charge in [-0.2, -0.15) is 0 Å². The van der Waals surface area contributed by atoms with Gasteiger partial charge < -0.3 is 25.2 Å². The Balaban J connectivity index is 3.93. The van der Waals surface area contributed by atoms with Crippen LogP contribution in [0.2, 0.25) is 0 Å². The predicted molar refractivity (Wildman–Crippen MR) is 36.6 cm³/mol. The van der Waals surface area contributed by atoms with Crippen LogP contribution in [0.5, 0.6) is 0 Å². The fourth-order valence-corrected chi connectivity index (χ4v) is 0.712. The molecule has 0 aromatic rings. The van der Waals surface area contributed by atoms with E-state index in [4.69, 9.17) is 10.2 Å². The zero-order chi connectivity index (χ0) is 9.61. The van der Waals surface area contributed by atoms with Gasteiger partial charge in [-0.25, -0.2) is 0 Å². The number of aliphatic hydroxyl groups is 2. The van der Waals surface area contributed by atoms with E-state index in [0.717, 1.165) is 0 Å². The molecule has 0 rings (SSSR count). The topological polar surface area (TPSA) is 95.8 Å². The zero-order valence-electron chi connectivity index (χ0n) is 7.02. The normalized spacial score (nSPS) is 12.5. The van der Waals surface area contributed by atoms with Gasteiger partial charge in [0, 0.05) is 5.41 Å². The van der Waals surface area contributed by atoms with Crippen LogP contribution in [-0.4, -0.2) is 36.5 Å². The highest BCUT2D eigenvalue weighted by atomic mass is 16.7. The summed E-state index contributed by atoms with van der Waals surface area (Å²) < 4.78 is 4.25. The molecule has 5 nitrogen and oxygen atoms in total. The van der Waals surface area contributed by atoms with Crippen LogP contribution in [0.25, 0.3) is 0 Å². The molecule has 0 spiro atoms. The van der Waals surface area contributed by atoms with Crippen LogP contribution in [0, 0.1) is 5.41 Å². The van der Waals surface area contributed by atoms with E-state index in [0.29, 0.717) is 6.42 Å². The maximum absolute atomic E-state index is 9.98. The minimum Gasteiger partial charge on any atom is -0.845 e. The molecule has 0 unspecified atom stereocenters. The van der Waals surface area contributed by atoms with Gasteiger partial charge in [0.05, 0.1) is 19.8 Å². The van der Waals surface area contributed by atoms with E-state index in [-0.39, 0.29) is 19.8 Å². The summed E-state index contributed by atoms with van der Waals surface area (Å²) in [6.45, 7) is -1.41. The monoisotopic (exact) mass is 178 g/mol. The summed E-state index contributed by atoms with van der Waals surface area (Å²) in [7, 11) is 0. The van der Waals surface area contributed by atoms with Crippen molar-refractivity contribution in [1.82, 2.24) is 0 Å². The zero-order valence-corrected chi connectivity index (χ0v) is 7.02. The number of ether oxygens (including phenoxy) is 1. The van der Waals surface area contributed by atoms with Crippen molar-refractivity contribution >= 4 is 0 Å². The van der Waals surface area contributed by atoms with Gasteiger partial charge in [-0.1, -0.05) is 6.92 Å². The van der Waals surface area contributed by atoms with Crippen molar-refractivity contribution in [2.45, 2.75) is 19.8 Å². The second-order valence-corrected chi connectivity index (χ2v) is 2.77. The fourth-order valence-electron chi connectivity index (χ4n) is 0.712. The molecular formula is C7H14O5-2. The molecule has 5 heteroatoms. The third kappa shape index (κ3) is 3.46. The molecule has 74 valence electrons. The smallest absolute Gasteiger partial charge is 0.0533 e. The summed E-state index contributed by atoms with van der Waals surface area (Å²) in [5.41, 5.74) is -0.854. The maximum atomic E-state index is 9.98. The van der Waals surface area contributed by atoms with E-state index in [9.17, 15) is 10.2 Å². The third-order valence-electron chi connectivity index (χ3n) is 1.95. The Morgan fingerprint density at radius 3 is 2.08 bits per heavy atom. The standard InChI is InChI=1S/C7H14O5/c1-2-7(3-8,4-9)5-12-6(10)11/h6,8-9H,2-5H2,1H3/q-2. The summed E-state index contributed by atoms with van der Waals surface area (Å²) in [5.74, 6) is 0. The average Bonchev–Trinajstić information content (AvgIpc) is 2.08. The van der Waals surface area contributed by atoms with Crippen LogP contribution >= 0.6 is 0 Å². The summed E-state index contributed by atoms with van der Waals surface area (Å²) in [6.07, 6.45) is 0.451. The van der Waals surface area contributed by atoms with Gasteiger partial charge in [0.2, 0.25) is 0 Å². The quantitative estimate of drug-likeness (QED) is 0.434. The molecule has 0 bridgehead atoms. The molecular weight excluding hydrogens is 164 g/mol. The molecule has 2 N–H and O–H groups in total. The Bertz CT molecular complexity index is 102. The van der Waals surface area contributed by atoms with E-state index < -0.39 is 11.9 Å². The van der Waals surface area contributed by atoms with Crippen LogP contribution < -0.4 is 10.2 Å². The van der Waals surface area contributed by atoms with Crippen LogP contribution in [0.3, 0.4) is 0 Å². The second-order valence-electron chi connectivity index (χ2n) is 2.77. The maximum Gasteiger partial charge on any atom is 0.0533 e. The number of hydrogen-bond acceptors (Lipinski definition) is 5. The molecule has 0 amide bonds. The lowest BCUT2D eigenvalue weighted by Crippen LogP contribution is -2.45. The number of hydrogen-bond donors (Lipinski definition) is 2. The lowest BCUT2D eigenvalue weighted by atomic mass is 9.88. The molecule has 0 aliphatic heterocycles. The Labute approximate surface area is 71.2 Å². The Morgan fingerprint density at radius 2 is 1.83 bits per heavy atom. The van der Waals surface area contributed by atoms with Crippen LogP contribution in [0.1, 0.15) is 13.3 Å². The molecule has 0 aromatic carbocycles. The van der Waals surface area contributed by atoms with Gasteiger partial charge in [-0.15, -0.1) is 6.48 Å². The van der Waals surface area contributed by atoms with Crippen molar-refractivity contribution < 1.29 is 25.2 Å². The van der Waals surface area contributed by atoms with E-state index in [1.165, 1.54) is 0 Å². The highest BCUT2D eigenvalue weighted by Crippen LogP contribution is 2.20. The SMILES string of the molecule is CCC(CO)(CO)COC([O-])[O-]. The van der Waals surface area contributed by atoms with Crippen LogP contribution in [0.4, 0.5) is 0 Å². The molecule has 0 fully saturated rings. The summed E-state index contributed by atoms with van der Waals surface area (Å²) in [6, 6.07) is 0. The number of aliphatic hydroxyl groups excluding tert-OH is 2. The highest BCUT2D eigenvalue weighted by Gasteiger charge is 2.26. The van der Waals surface area contributed by atoms with E-state index in [2.05, 4.69) is 4.74 Å². The van der Waals surface area contributed by atoms with Crippen LogP contribution in [0.15, 0.2) is 0 Å². The lowest BCUT2D eigenvalue weighted by Gasteiger charge is -2.35. The van der Waals surface area contributed by atoms with Crippen molar-refractivity contribution in [3.8, 4) is 0 Å². The minimum absolute atomic E-state index is 0.200. The molecule has 0 radical (unpaired) electrons. The van der Waals surface area contributed by atoms with Gasteiger partial charge in [0.25, 0.3) is 0 Å². The van der Waals surface area contributed by atoms with E-state index in [1.807, 2.05) is 0 Å². The fraction of sp³-hybridized carbons (Fsp3) is 1.00. The Morgan fingerprint density at radius 1 is 1.33 bits per heavy atom. The molecule has 0 saturated heterocycles. The van der Waals surface area contributed by atoms with Gasteiger partial charge in [0.1, 0.15) is 0 Å². The van der Waals surface area contributed by atoms with Crippen molar-refractivity contribution in [2.75, 3.05) is 19.8 Å². The predicted octanol–water partition coefficient (Wildman–Crippen LogP) is -2.61. The Hall–Kier alpha value is -0.200. The van der Waals surface area contributed by atoms with Gasteiger partial charge in [-0.05, 0) is 6.42 Å². The first-order valence-electron chi connectivity index (χ1n) is 3.75. The summed E-state index contributed by atoms with van der Waals surface area (Å²) in [4.78, 5) is 0. The van der Waals surface area contributed by atoms with Crippen molar-refractivity contribution in [1.29, 1.82) is 0 Å². The molecule has 0 aromatic heterocycles. The van der Waals surface area contributed by atoms with Crippen LogP contribution in [-0.2, 0) is 4.74 Å². The first-order valence-corrected chi connectivity index (χ1v) is 3.75. The molecule has 0 saturated carbocycles. The third-order valence-corrected chi connectivity index (χ3v) is 1.95. The van der Waals surface area contributed by atoms with Gasteiger partial charge in [-0.3, -0.25) is 0 Å². The minimum atomic E-state index is -2.35. The lowest BCUT2D eigenvalue weighted by molar-refractivity contribution is -0.720. The second kappa shape index (κ2) is 5.45. The largest absolute Gasteiger partial charge is 0.845 e. The van der Waals surface area contributed by atoms with Gasteiger partial charge in [0.15, 0.2) is 0 Å². The molecule has 0 atom stereocenters. The summed E-state index contributed by atoms with van der Waals surface area (Å²) in [5, 5.41) is 37.7. The first kappa shape index (κ1) is 11.8. The molecule has 0 aliphatic carbocycles. The molecule has 12 heavy (non-hydrogen) atoms. The highest BCUT2D eigenvalue weighted by molar-refractivity contribution is 4.75. The Kier molecular flexibility index (Phi) is 5.36.